The van der Waals surface area contributed by atoms with Crippen LogP contribution in [-0.4, -0.2) is 71.3 Å². The van der Waals surface area contributed by atoms with E-state index in [0.717, 1.165) is 0 Å². The molecule has 0 spiro atoms. The number of nitrogens with one attached hydrogen (secondary N) is 3. The van der Waals surface area contributed by atoms with Crippen LogP contribution in [0.1, 0.15) is 58.8 Å². The van der Waals surface area contributed by atoms with Crippen molar-refractivity contribution in [2.45, 2.75) is 83.0 Å². The third-order valence-corrected chi connectivity index (χ3v) is 4.97. The quantitative estimate of drug-likeness (QED) is 0.0898. The molecule has 0 aliphatic carbocycles. The fourth-order valence-corrected chi connectivity index (χ4v) is 3.14. The number of aliphatic carboxylic acids is 1. The van der Waals surface area contributed by atoms with Crippen molar-refractivity contribution in [1.82, 2.24) is 16.0 Å². The van der Waals surface area contributed by atoms with Gasteiger partial charge in [0.05, 0.1) is 12.5 Å². The Morgan fingerprint density at radius 3 is 1.74 bits per heavy atom. The Morgan fingerprint density at radius 1 is 0.771 bits per heavy atom. The average Bonchev–Trinajstić information content (AvgIpc) is 2.74. The molecule has 4 unspecified atom stereocenters. The van der Waals surface area contributed by atoms with Gasteiger partial charge >= 0.3 is 5.97 Å². The van der Waals surface area contributed by atoms with E-state index in [0.29, 0.717) is 19.4 Å². The number of hydrogen-bond donors (Lipinski definition) is 8. The van der Waals surface area contributed by atoms with E-state index >= 15 is 0 Å². The first kappa shape index (κ1) is 31.7. The summed E-state index contributed by atoms with van der Waals surface area (Å²) in [6, 6.07) is -4.92. The van der Waals surface area contributed by atoms with Gasteiger partial charge in [-0.3, -0.25) is 24.0 Å². The van der Waals surface area contributed by atoms with E-state index in [-0.39, 0.29) is 31.6 Å². The van der Waals surface area contributed by atoms with Crippen LogP contribution < -0.4 is 38.9 Å². The van der Waals surface area contributed by atoms with Gasteiger partial charge in [0, 0.05) is 6.42 Å². The van der Waals surface area contributed by atoms with Crippen LogP contribution in [0.5, 0.6) is 0 Å². The van der Waals surface area contributed by atoms with Crippen LogP contribution in [0.4, 0.5) is 0 Å². The molecule has 200 valence electrons. The summed E-state index contributed by atoms with van der Waals surface area (Å²) in [4.78, 5) is 71.9. The maximum Gasteiger partial charge on any atom is 0.326 e. The van der Waals surface area contributed by atoms with E-state index in [9.17, 15) is 33.9 Å². The van der Waals surface area contributed by atoms with Gasteiger partial charge in [-0.05, 0) is 44.6 Å². The Hall–Kier alpha value is -3.26. The van der Waals surface area contributed by atoms with Crippen molar-refractivity contribution in [3.8, 4) is 0 Å². The summed E-state index contributed by atoms with van der Waals surface area (Å²) in [6.07, 6.45) is 0.421. The minimum absolute atomic E-state index is 0.0142. The molecule has 35 heavy (non-hydrogen) atoms. The van der Waals surface area contributed by atoms with Gasteiger partial charge in [-0.1, -0.05) is 13.8 Å². The first-order valence-corrected chi connectivity index (χ1v) is 11.4. The number of carbonyl (C=O) groups excluding carboxylic acids is 5. The highest BCUT2D eigenvalue weighted by Gasteiger charge is 2.30. The zero-order valence-corrected chi connectivity index (χ0v) is 20.2. The number of primary amides is 2. The second kappa shape index (κ2) is 16.4. The molecule has 0 aliphatic heterocycles. The summed E-state index contributed by atoms with van der Waals surface area (Å²) < 4.78 is 0. The number of carboxylic acids is 1. The van der Waals surface area contributed by atoms with Gasteiger partial charge in [0.1, 0.15) is 18.1 Å². The molecule has 0 heterocycles. The number of unbranched alkanes of at least 4 members (excludes halogenated alkanes) is 1. The molecule has 4 atom stereocenters. The normalized spacial score (nSPS) is 14.3. The number of nitrogens with two attached hydrogens (primary N) is 4. The molecule has 0 radical (unpaired) electrons. The fraction of sp³-hybridized carbons (Fsp3) is 0.714. The van der Waals surface area contributed by atoms with Crippen LogP contribution in [0.15, 0.2) is 0 Å². The standard InChI is InChI=1S/C21H39N7O7/c1-11(2)9-15(21(34)35)28-19(32)13(5-3-4-8-22)27-20(33)14(6-7-16(24)29)26-18(31)12(23)10-17(25)30/h11-15H,3-10,22-23H2,1-2H3,(H2,24,29)(H2,25,30)(H,26,31)(H,27,33)(H,28,32)(H,34,35). The number of rotatable bonds is 18. The van der Waals surface area contributed by atoms with Crippen LogP contribution in [0.3, 0.4) is 0 Å². The van der Waals surface area contributed by atoms with E-state index in [1.165, 1.54) is 0 Å². The topological polar surface area (TPSA) is 263 Å². The van der Waals surface area contributed by atoms with Crippen molar-refractivity contribution in [2.75, 3.05) is 6.54 Å². The molecule has 0 aromatic rings. The van der Waals surface area contributed by atoms with Gasteiger partial charge < -0.3 is 44.0 Å². The molecule has 0 saturated heterocycles. The predicted octanol–water partition coefficient (Wildman–Crippen LogP) is -2.83. The molecular formula is C21H39N7O7. The maximum atomic E-state index is 12.9. The minimum Gasteiger partial charge on any atom is -0.480 e. The van der Waals surface area contributed by atoms with Gasteiger partial charge in [0.2, 0.25) is 29.5 Å². The van der Waals surface area contributed by atoms with Crippen LogP contribution in [0.2, 0.25) is 0 Å². The molecule has 14 heteroatoms. The van der Waals surface area contributed by atoms with Crippen LogP contribution >= 0.6 is 0 Å². The average molecular weight is 502 g/mol. The van der Waals surface area contributed by atoms with Gasteiger partial charge in [0.15, 0.2) is 0 Å². The highest BCUT2D eigenvalue weighted by atomic mass is 16.4. The largest absolute Gasteiger partial charge is 0.480 e. The molecule has 12 N–H and O–H groups in total. The van der Waals surface area contributed by atoms with Gasteiger partial charge in [-0.15, -0.1) is 0 Å². The van der Waals surface area contributed by atoms with Crippen molar-refractivity contribution in [1.29, 1.82) is 0 Å². The zero-order chi connectivity index (χ0) is 27.1. The highest BCUT2D eigenvalue weighted by molar-refractivity contribution is 5.95. The summed E-state index contributed by atoms with van der Waals surface area (Å²) >= 11 is 0. The third kappa shape index (κ3) is 13.9. The second-order valence-electron chi connectivity index (χ2n) is 8.72. The molecule has 0 bridgehead atoms. The summed E-state index contributed by atoms with van der Waals surface area (Å²) in [5.41, 5.74) is 21.3. The first-order valence-electron chi connectivity index (χ1n) is 11.4. The molecule has 0 fully saturated rings. The lowest BCUT2D eigenvalue weighted by molar-refractivity contribution is -0.142. The Morgan fingerprint density at radius 2 is 1.29 bits per heavy atom. The van der Waals surface area contributed by atoms with E-state index in [4.69, 9.17) is 22.9 Å². The molecule has 14 nitrogen and oxygen atoms in total. The number of carboxylic acid groups (broad SMARTS) is 1. The van der Waals surface area contributed by atoms with Gasteiger partial charge in [-0.25, -0.2) is 4.79 Å². The Kier molecular flexibility index (Phi) is 14.9. The number of hydrogen-bond acceptors (Lipinski definition) is 8. The Labute approximate surface area is 204 Å². The predicted molar refractivity (Wildman–Crippen MR) is 126 cm³/mol. The number of carbonyl (C=O) groups is 6. The molecule has 5 amide bonds. The van der Waals surface area contributed by atoms with Gasteiger partial charge in [-0.2, -0.15) is 0 Å². The smallest absolute Gasteiger partial charge is 0.326 e. The van der Waals surface area contributed by atoms with E-state index in [1.54, 1.807) is 13.8 Å². The first-order chi connectivity index (χ1) is 16.3. The summed E-state index contributed by atoms with van der Waals surface area (Å²) in [6.45, 7) is 3.96. The molecule has 0 rings (SSSR count). The summed E-state index contributed by atoms with van der Waals surface area (Å²) in [7, 11) is 0. The summed E-state index contributed by atoms with van der Waals surface area (Å²) in [5, 5.41) is 16.7. The van der Waals surface area contributed by atoms with Crippen molar-refractivity contribution >= 4 is 35.5 Å². The Balaban J connectivity index is 5.59. The van der Waals surface area contributed by atoms with Crippen molar-refractivity contribution in [2.24, 2.45) is 28.9 Å². The summed E-state index contributed by atoms with van der Waals surface area (Å²) in [5.74, 6) is -5.16. The number of amides is 5. The van der Waals surface area contributed by atoms with Crippen LogP contribution in [0.25, 0.3) is 0 Å². The molecule has 0 aromatic heterocycles. The van der Waals surface area contributed by atoms with Crippen molar-refractivity contribution in [3.05, 3.63) is 0 Å². The zero-order valence-electron chi connectivity index (χ0n) is 20.2. The lowest BCUT2D eigenvalue weighted by Gasteiger charge is -2.25. The lowest BCUT2D eigenvalue weighted by Crippen LogP contribution is -2.57. The molecule has 0 saturated carbocycles. The van der Waals surface area contributed by atoms with Crippen LogP contribution in [-0.2, 0) is 28.8 Å². The monoisotopic (exact) mass is 501 g/mol. The van der Waals surface area contributed by atoms with Crippen molar-refractivity contribution < 1.29 is 33.9 Å². The maximum absolute atomic E-state index is 12.9. The van der Waals surface area contributed by atoms with Gasteiger partial charge in [0.25, 0.3) is 0 Å². The van der Waals surface area contributed by atoms with Crippen molar-refractivity contribution in [3.63, 3.8) is 0 Å². The Bertz CT molecular complexity index is 760. The fourth-order valence-electron chi connectivity index (χ4n) is 3.14. The molecule has 0 aromatic carbocycles. The third-order valence-electron chi connectivity index (χ3n) is 4.97. The molecule has 0 aliphatic rings. The van der Waals surface area contributed by atoms with Crippen LogP contribution in [0, 0.1) is 5.92 Å². The highest BCUT2D eigenvalue weighted by Crippen LogP contribution is 2.08. The van der Waals surface area contributed by atoms with E-state index in [1.807, 2.05) is 0 Å². The van der Waals surface area contributed by atoms with E-state index < -0.39 is 66.1 Å². The second-order valence-corrected chi connectivity index (χ2v) is 8.72. The minimum atomic E-state index is -1.33. The lowest BCUT2D eigenvalue weighted by atomic mass is 10.0. The molecular weight excluding hydrogens is 462 g/mol. The van der Waals surface area contributed by atoms with E-state index in [2.05, 4.69) is 16.0 Å². The SMILES string of the molecule is CC(C)CC(NC(=O)C(CCCCN)NC(=O)C(CCC(N)=O)NC(=O)C(N)CC(N)=O)C(=O)O.